The highest BCUT2D eigenvalue weighted by Gasteiger charge is 2.14. The Hall–Kier alpha value is -0.570. The molecule has 0 aromatic carbocycles. The summed E-state index contributed by atoms with van der Waals surface area (Å²) in [6, 6.07) is -0.0881. The van der Waals surface area contributed by atoms with Gasteiger partial charge in [0.25, 0.3) is 0 Å². The summed E-state index contributed by atoms with van der Waals surface area (Å²) in [5.74, 6) is 0.491. The second-order valence-electron chi connectivity index (χ2n) is 4.17. The van der Waals surface area contributed by atoms with Crippen LogP contribution in [0.15, 0.2) is 0 Å². The van der Waals surface area contributed by atoms with Crippen molar-refractivity contribution in [3.8, 4) is 0 Å². The Morgan fingerprint density at radius 2 is 1.85 bits per heavy atom. The lowest BCUT2D eigenvalue weighted by Gasteiger charge is -2.19. The molecule has 1 atom stereocenters. The highest BCUT2D eigenvalue weighted by Crippen LogP contribution is 2.05. The van der Waals surface area contributed by atoms with E-state index in [0.717, 1.165) is 6.42 Å². The van der Waals surface area contributed by atoms with Crippen molar-refractivity contribution in [2.24, 2.45) is 11.8 Å². The van der Waals surface area contributed by atoms with Crippen molar-refractivity contribution in [2.75, 3.05) is 6.61 Å². The predicted molar refractivity (Wildman–Crippen MR) is 53.3 cm³/mol. The average Bonchev–Trinajstić information content (AvgIpc) is 2.02. The molecule has 0 spiro atoms. The third-order valence-electron chi connectivity index (χ3n) is 1.85. The maximum absolute atomic E-state index is 11.3. The summed E-state index contributed by atoms with van der Waals surface area (Å²) in [6.07, 6.45) is 0.828. The molecule has 1 amide bonds. The van der Waals surface area contributed by atoms with E-state index in [2.05, 4.69) is 19.2 Å². The molecule has 3 nitrogen and oxygen atoms in total. The molecule has 0 aliphatic carbocycles. The third-order valence-corrected chi connectivity index (χ3v) is 1.85. The number of amides is 1. The Morgan fingerprint density at radius 3 is 2.15 bits per heavy atom. The number of hydrogen-bond donors (Lipinski definition) is 2. The first kappa shape index (κ1) is 12.4. The highest BCUT2D eigenvalue weighted by atomic mass is 16.3. The molecule has 78 valence electrons. The Morgan fingerprint density at radius 1 is 1.31 bits per heavy atom. The van der Waals surface area contributed by atoms with Crippen LogP contribution in [0, 0.1) is 11.8 Å². The van der Waals surface area contributed by atoms with Crippen LogP contribution in [0.5, 0.6) is 0 Å². The smallest absolute Gasteiger partial charge is 0.222 e. The second kappa shape index (κ2) is 5.97. The van der Waals surface area contributed by atoms with Crippen LogP contribution < -0.4 is 5.32 Å². The van der Waals surface area contributed by atoms with Crippen molar-refractivity contribution in [2.45, 2.75) is 40.2 Å². The van der Waals surface area contributed by atoms with Crippen LogP contribution in [0.4, 0.5) is 0 Å². The molecule has 2 N–H and O–H groups in total. The van der Waals surface area contributed by atoms with E-state index in [9.17, 15) is 4.79 Å². The monoisotopic (exact) mass is 187 g/mol. The van der Waals surface area contributed by atoms with Crippen LogP contribution in [0.3, 0.4) is 0 Å². The summed E-state index contributed by atoms with van der Waals surface area (Å²) >= 11 is 0. The minimum Gasteiger partial charge on any atom is -0.394 e. The van der Waals surface area contributed by atoms with Gasteiger partial charge in [-0.3, -0.25) is 4.79 Å². The van der Waals surface area contributed by atoms with Gasteiger partial charge < -0.3 is 10.4 Å². The summed E-state index contributed by atoms with van der Waals surface area (Å²) in [5.41, 5.74) is 0. The molecule has 0 heterocycles. The Balaban J connectivity index is 3.90. The number of nitrogens with one attached hydrogen (secondary N) is 1. The molecule has 0 aliphatic heterocycles. The zero-order valence-electron chi connectivity index (χ0n) is 9.00. The molecular formula is C10H21NO2. The Kier molecular flexibility index (Phi) is 5.71. The topological polar surface area (TPSA) is 49.3 Å². The maximum Gasteiger partial charge on any atom is 0.222 e. The van der Waals surface area contributed by atoms with Crippen molar-refractivity contribution in [3.05, 3.63) is 0 Å². The van der Waals surface area contributed by atoms with E-state index < -0.39 is 0 Å². The van der Waals surface area contributed by atoms with Gasteiger partial charge >= 0.3 is 0 Å². The molecule has 0 rings (SSSR count). The highest BCUT2D eigenvalue weighted by molar-refractivity contribution is 5.78. The lowest BCUT2D eigenvalue weighted by Crippen LogP contribution is -2.40. The molecule has 0 aromatic heterocycles. The summed E-state index contributed by atoms with van der Waals surface area (Å²) in [7, 11) is 0. The minimum absolute atomic E-state index is 0.0128. The van der Waals surface area contributed by atoms with Gasteiger partial charge in [0.05, 0.1) is 12.6 Å². The summed E-state index contributed by atoms with van der Waals surface area (Å²) in [4.78, 5) is 11.3. The van der Waals surface area contributed by atoms with Crippen molar-refractivity contribution in [1.29, 1.82) is 0 Å². The van der Waals surface area contributed by atoms with Crippen LogP contribution in [0.1, 0.15) is 34.1 Å². The van der Waals surface area contributed by atoms with Crippen LogP contribution in [0.2, 0.25) is 0 Å². The van der Waals surface area contributed by atoms with Gasteiger partial charge in [-0.2, -0.15) is 0 Å². The number of aliphatic hydroxyl groups excluding tert-OH is 1. The molecule has 0 bridgehead atoms. The molecule has 0 aliphatic rings. The van der Waals surface area contributed by atoms with Gasteiger partial charge in [0.2, 0.25) is 5.91 Å². The molecule has 0 saturated carbocycles. The summed E-state index contributed by atoms with van der Waals surface area (Å²) in [5, 5.41) is 11.8. The number of aliphatic hydroxyl groups is 1. The van der Waals surface area contributed by atoms with E-state index in [0.29, 0.717) is 5.92 Å². The van der Waals surface area contributed by atoms with Crippen LogP contribution in [0.25, 0.3) is 0 Å². The van der Waals surface area contributed by atoms with Gasteiger partial charge in [0.15, 0.2) is 0 Å². The number of hydrogen-bond acceptors (Lipinski definition) is 2. The van der Waals surface area contributed by atoms with E-state index in [1.54, 1.807) is 0 Å². The van der Waals surface area contributed by atoms with E-state index in [4.69, 9.17) is 5.11 Å². The zero-order chi connectivity index (χ0) is 10.4. The van der Waals surface area contributed by atoms with Gasteiger partial charge in [-0.1, -0.05) is 27.7 Å². The lowest BCUT2D eigenvalue weighted by molar-refractivity contribution is -0.125. The third kappa shape index (κ3) is 5.64. The van der Waals surface area contributed by atoms with E-state index in [1.165, 1.54) is 0 Å². The van der Waals surface area contributed by atoms with Crippen LogP contribution >= 0.6 is 0 Å². The molecule has 1 unspecified atom stereocenters. The molecule has 0 fully saturated rings. The van der Waals surface area contributed by atoms with Crippen molar-refractivity contribution in [1.82, 2.24) is 5.32 Å². The first-order valence-corrected chi connectivity index (χ1v) is 4.88. The molecular weight excluding hydrogens is 166 g/mol. The quantitative estimate of drug-likeness (QED) is 0.678. The fourth-order valence-electron chi connectivity index (χ4n) is 1.12. The number of carbonyl (C=O) groups excluding carboxylic acids is 1. The maximum atomic E-state index is 11.3. The zero-order valence-corrected chi connectivity index (χ0v) is 9.00. The number of rotatable bonds is 5. The average molecular weight is 187 g/mol. The van der Waals surface area contributed by atoms with E-state index in [1.807, 2.05) is 13.8 Å². The Labute approximate surface area is 80.5 Å². The standard InChI is InChI=1S/C10H21NO2/c1-7(2)5-9(6-12)11-10(13)8(3)4/h7-9,12H,5-6H2,1-4H3,(H,11,13). The van der Waals surface area contributed by atoms with Crippen LogP contribution in [-0.4, -0.2) is 23.7 Å². The van der Waals surface area contributed by atoms with Gasteiger partial charge in [0, 0.05) is 5.92 Å². The van der Waals surface area contributed by atoms with Gasteiger partial charge in [-0.15, -0.1) is 0 Å². The Bertz CT molecular complexity index is 155. The SMILES string of the molecule is CC(C)CC(CO)NC(=O)C(C)C. The van der Waals surface area contributed by atoms with Crippen molar-refractivity contribution < 1.29 is 9.90 Å². The molecule has 0 radical (unpaired) electrons. The van der Waals surface area contributed by atoms with E-state index >= 15 is 0 Å². The van der Waals surface area contributed by atoms with Crippen molar-refractivity contribution >= 4 is 5.91 Å². The predicted octanol–water partition coefficient (Wildman–Crippen LogP) is 1.17. The lowest BCUT2D eigenvalue weighted by atomic mass is 10.0. The fourth-order valence-corrected chi connectivity index (χ4v) is 1.12. The summed E-state index contributed by atoms with van der Waals surface area (Å²) in [6.45, 7) is 7.86. The summed E-state index contributed by atoms with van der Waals surface area (Å²) < 4.78 is 0. The molecule has 13 heavy (non-hydrogen) atoms. The van der Waals surface area contributed by atoms with Crippen molar-refractivity contribution in [3.63, 3.8) is 0 Å². The van der Waals surface area contributed by atoms with Gasteiger partial charge in [0.1, 0.15) is 0 Å². The first-order chi connectivity index (χ1) is 5.97. The van der Waals surface area contributed by atoms with Gasteiger partial charge in [-0.05, 0) is 12.3 Å². The van der Waals surface area contributed by atoms with Crippen LogP contribution in [-0.2, 0) is 4.79 Å². The van der Waals surface area contributed by atoms with E-state index in [-0.39, 0.29) is 24.5 Å². The minimum atomic E-state index is -0.0881. The van der Waals surface area contributed by atoms with Gasteiger partial charge in [-0.25, -0.2) is 0 Å². The molecule has 3 heteroatoms. The largest absolute Gasteiger partial charge is 0.394 e. The second-order valence-corrected chi connectivity index (χ2v) is 4.17. The first-order valence-electron chi connectivity index (χ1n) is 4.88. The number of carbonyl (C=O) groups is 1. The molecule has 0 saturated heterocycles. The normalized spacial score (nSPS) is 13.5. The fraction of sp³-hybridized carbons (Fsp3) is 0.900. The molecule has 0 aromatic rings.